The van der Waals surface area contributed by atoms with Gasteiger partial charge in [-0.05, 0) is 30.7 Å². The highest BCUT2D eigenvalue weighted by atomic mass is 32.2. The normalized spacial score (nSPS) is 11.6. The smallest absolute Gasteiger partial charge is 0.175 e. The Kier molecular flexibility index (Phi) is 3.13. The van der Waals surface area contributed by atoms with E-state index in [0.717, 1.165) is 6.26 Å². The Bertz CT molecular complexity index is 426. The van der Waals surface area contributed by atoms with E-state index >= 15 is 0 Å². The minimum absolute atomic E-state index is 0.0154. The standard InChI is InChI=1S/C9H13NO3S/c1-14(12,13)8-3-2-7(4-5-10)9(11)6-8/h2-3,6,11H,4-5,10H2,1H3. The summed E-state index contributed by atoms with van der Waals surface area (Å²) >= 11 is 0. The first kappa shape index (κ1) is 11.0. The summed E-state index contributed by atoms with van der Waals surface area (Å²) in [5, 5.41) is 9.47. The summed E-state index contributed by atoms with van der Waals surface area (Å²) < 4.78 is 22.2. The molecular formula is C9H13NO3S. The fraction of sp³-hybridized carbons (Fsp3) is 0.333. The predicted octanol–water partition coefficient (Wildman–Crippen LogP) is 0.297. The Labute approximate surface area is 83.3 Å². The van der Waals surface area contributed by atoms with E-state index in [1.807, 2.05) is 0 Å². The average Bonchev–Trinajstić information content (AvgIpc) is 2.07. The molecule has 3 N–H and O–H groups in total. The summed E-state index contributed by atoms with van der Waals surface area (Å²) in [7, 11) is -3.25. The number of nitrogens with two attached hydrogens (primary N) is 1. The third-order valence-electron chi connectivity index (χ3n) is 1.90. The molecule has 0 aliphatic rings. The topological polar surface area (TPSA) is 80.4 Å². The molecule has 0 saturated heterocycles. The van der Waals surface area contributed by atoms with Gasteiger partial charge in [0.15, 0.2) is 9.84 Å². The number of rotatable bonds is 3. The molecule has 0 spiro atoms. The van der Waals surface area contributed by atoms with E-state index < -0.39 is 9.84 Å². The molecule has 14 heavy (non-hydrogen) atoms. The molecule has 78 valence electrons. The quantitative estimate of drug-likeness (QED) is 0.759. The molecule has 1 rings (SSSR count). The lowest BCUT2D eigenvalue weighted by molar-refractivity contribution is 0.466. The van der Waals surface area contributed by atoms with Crippen molar-refractivity contribution in [2.24, 2.45) is 5.73 Å². The number of hydrogen-bond acceptors (Lipinski definition) is 4. The van der Waals surface area contributed by atoms with Crippen LogP contribution in [-0.2, 0) is 16.3 Å². The van der Waals surface area contributed by atoms with Gasteiger partial charge in [-0.25, -0.2) is 8.42 Å². The predicted molar refractivity (Wildman–Crippen MR) is 54.0 cm³/mol. The lowest BCUT2D eigenvalue weighted by Gasteiger charge is -2.04. The zero-order valence-corrected chi connectivity index (χ0v) is 8.71. The fourth-order valence-corrected chi connectivity index (χ4v) is 1.78. The Hall–Kier alpha value is -1.07. The lowest BCUT2D eigenvalue weighted by Crippen LogP contribution is -2.04. The summed E-state index contributed by atoms with van der Waals surface area (Å²) in [5.74, 6) is -0.0154. The Morgan fingerprint density at radius 2 is 2.07 bits per heavy atom. The fourth-order valence-electron chi connectivity index (χ4n) is 1.14. The van der Waals surface area contributed by atoms with Crippen molar-refractivity contribution in [1.29, 1.82) is 0 Å². The molecule has 0 bridgehead atoms. The van der Waals surface area contributed by atoms with Gasteiger partial charge in [-0.3, -0.25) is 0 Å². The van der Waals surface area contributed by atoms with Gasteiger partial charge in [0.05, 0.1) is 4.90 Å². The Balaban J connectivity index is 3.13. The number of aromatic hydroxyl groups is 1. The van der Waals surface area contributed by atoms with Crippen LogP contribution in [0.25, 0.3) is 0 Å². The molecule has 0 aromatic heterocycles. The molecule has 1 aromatic carbocycles. The summed E-state index contributed by atoms with van der Waals surface area (Å²) in [6, 6.07) is 4.30. The molecule has 5 heteroatoms. The van der Waals surface area contributed by atoms with Gasteiger partial charge in [-0.1, -0.05) is 6.07 Å². The molecule has 0 saturated carbocycles. The molecule has 0 unspecified atom stereocenters. The van der Waals surface area contributed by atoms with E-state index in [2.05, 4.69) is 0 Å². The van der Waals surface area contributed by atoms with Crippen LogP contribution in [0.4, 0.5) is 0 Å². The van der Waals surface area contributed by atoms with Crippen molar-refractivity contribution in [3.05, 3.63) is 23.8 Å². The molecule has 0 amide bonds. The molecule has 1 aromatic rings. The number of hydrogen-bond donors (Lipinski definition) is 2. The molecular weight excluding hydrogens is 202 g/mol. The van der Waals surface area contributed by atoms with Gasteiger partial charge in [0, 0.05) is 6.26 Å². The highest BCUT2D eigenvalue weighted by Gasteiger charge is 2.09. The van der Waals surface area contributed by atoms with E-state index in [9.17, 15) is 13.5 Å². The third-order valence-corrected chi connectivity index (χ3v) is 3.01. The SMILES string of the molecule is CS(=O)(=O)c1ccc(CCN)c(O)c1. The summed E-state index contributed by atoms with van der Waals surface area (Å²) in [5.41, 5.74) is 5.99. The molecule has 0 aliphatic heterocycles. The first-order chi connectivity index (χ1) is 6.45. The second-order valence-corrected chi connectivity index (χ2v) is 5.12. The molecule has 0 aliphatic carbocycles. The van der Waals surface area contributed by atoms with Crippen molar-refractivity contribution in [3.8, 4) is 5.75 Å². The Morgan fingerprint density at radius 1 is 1.43 bits per heavy atom. The van der Waals surface area contributed by atoms with Gasteiger partial charge in [0.1, 0.15) is 5.75 Å². The monoisotopic (exact) mass is 215 g/mol. The molecule has 4 nitrogen and oxygen atoms in total. The van der Waals surface area contributed by atoms with Gasteiger partial charge < -0.3 is 10.8 Å². The van der Waals surface area contributed by atoms with Crippen LogP contribution in [0.15, 0.2) is 23.1 Å². The van der Waals surface area contributed by atoms with Crippen molar-refractivity contribution in [1.82, 2.24) is 0 Å². The minimum atomic E-state index is -3.25. The van der Waals surface area contributed by atoms with Crippen LogP contribution >= 0.6 is 0 Å². The largest absolute Gasteiger partial charge is 0.508 e. The lowest BCUT2D eigenvalue weighted by atomic mass is 10.1. The summed E-state index contributed by atoms with van der Waals surface area (Å²) in [6.07, 6.45) is 1.64. The first-order valence-electron chi connectivity index (χ1n) is 4.17. The number of sulfone groups is 1. The zero-order chi connectivity index (χ0) is 10.8. The van der Waals surface area contributed by atoms with Crippen molar-refractivity contribution in [2.45, 2.75) is 11.3 Å². The maximum atomic E-state index is 11.1. The molecule has 0 atom stereocenters. The highest BCUT2D eigenvalue weighted by molar-refractivity contribution is 7.90. The van der Waals surface area contributed by atoms with Crippen molar-refractivity contribution in [2.75, 3.05) is 12.8 Å². The van der Waals surface area contributed by atoms with Crippen molar-refractivity contribution in [3.63, 3.8) is 0 Å². The van der Waals surface area contributed by atoms with E-state index in [1.165, 1.54) is 12.1 Å². The van der Waals surface area contributed by atoms with Gasteiger partial charge in [0.2, 0.25) is 0 Å². The van der Waals surface area contributed by atoms with E-state index in [4.69, 9.17) is 5.73 Å². The maximum Gasteiger partial charge on any atom is 0.175 e. The number of phenolic OH excluding ortho intramolecular Hbond substituents is 1. The molecule has 0 fully saturated rings. The van der Waals surface area contributed by atoms with Crippen molar-refractivity contribution < 1.29 is 13.5 Å². The van der Waals surface area contributed by atoms with Crippen molar-refractivity contribution >= 4 is 9.84 Å². The van der Waals surface area contributed by atoms with Gasteiger partial charge >= 0.3 is 0 Å². The van der Waals surface area contributed by atoms with Crippen LogP contribution in [0.3, 0.4) is 0 Å². The van der Waals surface area contributed by atoms with E-state index in [1.54, 1.807) is 6.07 Å². The minimum Gasteiger partial charge on any atom is -0.508 e. The molecule has 0 heterocycles. The van der Waals surface area contributed by atoms with Crippen LogP contribution in [0.5, 0.6) is 5.75 Å². The Morgan fingerprint density at radius 3 is 2.50 bits per heavy atom. The van der Waals surface area contributed by atoms with E-state index in [-0.39, 0.29) is 10.6 Å². The van der Waals surface area contributed by atoms with Crippen LogP contribution < -0.4 is 5.73 Å². The van der Waals surface area contributed by atoms with Crippen LogP contribution in [0, 0.1) is 0 Å². The van der Waals surface area contributed by atoms with Crippen LogP contribution in [0.1, 0.15) is 5.56 Å². The summed E-state index contributed by atoms with van der Waals surface area (Å²) in [4.78, 5) is 0.121. The summed E-state index contributed by atoms with van der Waals surface area (Å²) in [6.45, 7) is 0.422. The van der Waals surface area contributed by atoms with Crippen LogP contribution in [-0.4, -0.2) is 26.3 Å². The number of phenols is 1. The molecule has 0 radical (unpaired) electrons. The van der Waals surface area contributed by atoms with Crippen LogP contribution in [0.2, 0.25) is 0 Å². The second-order valence-electron chi connectivity index (χ2n) is 3.10. The van der Waals surface area contributed by atoms with Gasteiger partial charge in [-0.2, -0.15) is 0 Å². The third kappa shape index (κ3) is 2.46. The average molecular weight is 215 g/mol. The highest BCUT2D eigenvalue weighted by Crippen LogP contribution is 2.21. The van der Waals surface area contributed by atoms with Gasteiger partial charge in [0.25, 0.3) is 0 Å². The first-order valence-corrected chi connectivity index (χ1v) is 6.06. The zero-order valence-electron chi connectivity index (χ0n) is 7.90. The maximum absolute atomic E-state index is 11.1. The van der Waals surface area contributed by atoms with E-state index in [0.29, 0.717) is 18.5 Å². The number of benzene rings is 1. The van der Waals surface area contributed by atoms with Gasteiger partial charge in [-0.15, -0.1) is 0 Å². The second kappa shape index (κ2) is 3.98.